The molecular weight excluding hydrogens is 362 g/mol. The number of aliphatic imine (C=N–C) groups is 1. The summed E-state index contributed by atoms with van der Waals surface area (Å²) in [6.07, 6.45) is 0.609. The Kier molecular flexibility index (Phi) is 5.51. The molecule has 0 aliphatic rings. The SMILES string of the molecule is Cc1cccc(N(C)c2c(C(=NC(C)C)NC=O)oc3ccc(Cl)cc23)c1. The van der Waals surface area contributed by atoms with Crippen molar-refractivity contribution in [3.63, 3.8) is 0 Å². The number of nitrogens with one attached hydrogen (secondary N) is 1. The molecule has 0 unspecified atom stereocenters. The highest BCUT2D eigenvalue weighted by Crippen LogP contribution is 2.38. The van der Waals surface area contributed by atoms with Crippen LogP contribution >= 0.6 is 11.6 Å². The van der Waals surface area contributed by atoms with Crippen molar-refractivity contribution in [1.29, 1.82) is 0 Å². The average molecular weight is 384 g/mol. The summed E-state index contributed by atoms with van der Waals surface area (Å²) in [7, 11) is 1.96. The standard InChI is InChI=1S/C21H22ClN3O2/c1-13(2)24-21(23-12-26)20-19(17-11-15(22)8-9-18(17)27-20)25(4)16-7-5-6-14(3)10-16/h5-13H,1-4H3,(H,23,24,26). The Morgan fingerprint density at radius 1 is 1.26 bits per heavy atom. The van der Waals surface area contributed by atoms with Crippen molar-refractivity contribution in [2.24, 2.45) is 4.99 Å². The van der Waals surface area contributed by atoms with Crippen LogP contribution < -0.4 is 10.2 Å². The summed E-state index contributed by atoms with van der Waals surface area (Å²) < 4.78 is 6.09. The lowest BCUT2D eigenvalue weighted by molar-refractivity contribution is -0.108. The summed E-state index contributed by atoms with van der Waals surface area (Å²) in [5.41, 5.74) is 3.61. The fourth-order valence-corrected chi connectivity index (χ4v) is 3.16. The van der Waals surface area contributed by atoms with E-state index in [1.807, 2.05) is 63.1 Å². The maximum absolute atomic E-state index is 11.2. The number of benzene rings is 2. The molecule has 1 N–H and O–H groups in total. The van der Waals surface area contributed by atoms with Crippen molar-refractivity contribution in [3.8, 4) is 0 Å². The minimum atomic E-state index is -0.0126. The summed E-state index contributed by atoms with van der Waals surface area (Å²) in [4.78, 5) is 17.7. The van der Waals surface area contributed by atoms with Gasteiger partial charge >= 0.3 is 0 Å². The lowest BCUT2D eigenvalue weighted by Crippen LogP contribution is -2.25. The third-order valence-electron chi connectivity index (χ3n) is 4.15. The molecule has 3 aromatic rings. The zero-order chi connectivity index (χ0) is 19.6. The molecule has 1 amide bonds. The zero-order valence-corrected chi connectivity index (χ0v) is 16.5. The van der Waals surface area contributed by atoms with Crippen LogP contribution in [-0.2, 0) is 4.79 Å². The molecule has 6 heteroatoms. The third-order valence-corrected chi connectivity index (χ3v) is 4.38. The molecule has 0 bridgehead atoms. The third kappa shape index (κ3) is 3.98. The number of amidine groups is 1. The van der Waals surface area contributed by atoms with Gasteiger partial charge in [-0.2, -0.15) is 0 Å². The van der Waals surface area contributed by atoms with E-state index < -0.39 is 0 Å². The van der Waals surface area contributed by atoms with Gasteiger partial charge in [-0.05, 0) is 56.7 Å². The van der Waals surface area contributed by atoms with Gasteiger partial charge in [0.05, 0.1) is 5.69 Å². The molecule has 0 fully saturated rings. The highest BCUT2D eigenvalue weighted by atomic mass is 35.5. The number of furan rings is 1. The summed E-state index contributed by atoms with van der Waals surface area (Å²) in [5.74, 6) is 0.888. The number of nitrogens with zero attached hydrogens (tertiary/aromatic N) is 2. The Bertz CT molecular complexity index is 1010. The number of anilines is 2. The number of halogens is 1. The smallest absolute Gasteiger partial charge is 0.212 e. The first-order chi connectivity index (χ1) is 12.9. The number of hydrogen-bond donors (Lipinski definition) is 1. The second-order valence-electron chi connectivity index (χ2n) is 6.65. The minimum absolute atomic E-state index is 0.0126. The molecule has 5 nitrogen and oxygen atoms in total. The minimum Gasteiger partial charge on any atom is -0.451 e. The highest BCUT2D eigenvalue weighted by molar-refractivity contribution is 6.31. The fraction of sp³-hybridized carbons (Fsp3) is 0.238. The summed E-state index contributed by atoms with van der Waals surface area (Å²) in [5, 5.41) is 4.14. The molecule has 0 spiro atoms. The molecule has 3 rings (SSSR count). The molecule has 0 radical (unpaired) electrons. The lowest BCUT2D eigenvalue weighted by atomic mass is 10.1. The number of hydrogen-bond acceptors (Lipinski definition) is 4. The molecule has 27 heavy (non-hydrogen) atoms. The maximum Gasteiger partial charge on any atom is 0.212 e. The molecular formula is C21H22ClN3O2. The van der Waals surface area contributed by atoms with E-state index in [9.17, 15) is 4.79 Å². The van der Waals surface area contributed by atoms with Crippen LogP contribution in [0, 0.1) is 6.92 Å². The number of aryl methyl sites for hydroxylation is 1. The number of fused-ring (bicyclic) bond motifs is 1. The van der Waals surface area contributed by atoms with E-state index in [1.54, 1.807) is 6.07 Å². The molecule has 2 aromatic carbocycles. The Hall–Kier alpha value is -2.79. The molecule has 0 aliphatic carbocycles. The zero-order valence-electron chi connectivity index (χ0n) is 15.8. The van der Waals surface area contributed by atoms with Crippen LogP contribution in [-0.4, -0.2) is 25.3 Å². The summed E-state index contributed by atoms with van der Waals surface area (Å²) >= 11 is 6.24. The molecule has 1 aromatic heterocycles. The van der Waals surface area contributed by atoms with E-state index in [1.165, 1.54) is 0 Å². The first-order valence-corrected chi connectivity index (χ1v) is 9.09. The van der Waals surface area contributed by atoms with Crippen molar-refractivity contribution < 1.29 is 9.21 Å². The van der Waals surface area contributed by atoms with Crippen LogP contribution in [0.25, 0.3) is 11.0 Å². The van der Waals surface area contributed by atoms with Crippen LogP contribution in [0.3, 0.4) is 0 Å². The van der Waals surface area contributed by atoms with E-state index in [2.05, 4.69) is 16.4 Å². The quantitative estimate of drug-likeness (QED) is 0.380. The molecule has 0 saturated heterocycles. The second-order valence-corrected chi connectivity index (χ2v) is 7.09. The van der Waals surface area contributed by atoms with Gasteiger partial charge in [-0.25, -0.2) is 0 Å². The Morgan fingerprint density at radius 2 is 2.04 bits per heavy atom. The van der Waals surface area contributed by atoms with Crippen LogP contribution in [0.5, 0.6) is 0 Å². The first kappa shape index (κ1) is 19.0. The largest absolute Gasteiger partial charge is 0.451 e. The average Bonchev–Trinajstić information content (AvgIpc) is 2.98. The van der Waals surface area contributed by atoms with Gasteiger partial charge in [0.2, 0.25) is 6.41 Å². The normalized spacial score (nSPS) is 11.9. The van der Waals surface area contributed by atoms with Gasteiger partial charge in [0.15, 0.2) is 11.6 Å². The van der Waals surface area contributed by atoms with Crippen LogP contribution in [0.2, 0.25) is 5.02 Å². The van der Waals surface area contributed by atoms with Gasteiger partial charge in [0.1, 0.15) is 5.58 Å². The maximum atomic E-state index is 11.2. The first-order valence-electron chi connectivity index (χ1n) is 8.71. The number of amides is 1. The van der Waals surface area contributed by atoms with Crippen LogP contribution in [0.4, 0.5) is 11.4 Å². The van der Waals surface area contributed by atoms with E-state index in [4.69, 9.17) is 16.0 Å². The van der Waals surface area contributed by atoms with Gasteiger partial charge < -0.3 is 14.6 Å². The fourth-order valence-electron chi connectivity index (χ4n) is 2.99. The molecule has 0 aliphatic heterocycles. The van der Waals surface area contributed by atoms with E-state index in [0.717, 1.165) is 22.3 Å². The summed E-state index contributed by atoms with van der Waals surface area (Å²) in [6, 6.07) is 13.6. The van der Waals surface area contributed by atoms with Gasteiger partial charge in [-0.1, -0.05) is 23.7 Å². The predicted molar refractivity (Wildman–Crippen MR) is 111 cm³/mol. The molecule has 0 atom stereocenters. The monoisotopic (exact) mass is 383 g/mol. The predicted octanol–water partition coefficient (Wildman–Crippen LogP) is 5.06. The lowest BCUT2D eigenvalue weighted by Gasteiger charge is -2.21. The molecule has 0 saturated carbocycles. The van der Waals surface area contributed by atoms with Crippen molar-refractivity contribution in [3.05, 3.63) is 58.8 Å². The number of carbonyl (C=O) groups is 1. The van der Waals surface area contributed by atoms with Crippen LogP contribution in [0.15, 0.2) is 51.9 Å². The molecule has 140 valence electrons. The van der Waals surface area contributed by atoms with Crippen molar-refractivity contribution in [2.75, 3.05) is 11.9 Å². The van der Waals surface area contributed by atoms with Gasteiger partial charge in [-0.15, -0.1) is 0 Å². The van der Waals surface area contributed by atoms with Crippen molar-refractivity contribution >= 4 is 46.2 Å². The van der Waals surface area contributed by atoms with E-state index in [0.29, 0.717) is 28.6 Å². The van der Waals surface area contributed by atoms with Gasteiger partial charge in [0.25, 0.3) is 0 Å². The highest BCUT2D eigenvalue weighted by Gasteiger charge is 2.23. The second kappa shape index (κ2) is 7.84. The van der Waals surface area contributed by atoms with Crippen LogP contribution in [0.1, 0.15) is 25.2 Å². The Morgan fingerprint density at radius 3 is 2.70 bits per heavy atom. The Balaban J connectivity index is 2.27. The van der Waals surface area contributed by atoms with E-state index >= 15 is 0 Å². The van der Waals surface area contributed by atoms with E-state index in [-0.39, 0.29) is 6.04 Å². The van der Waals surface area contributed by atoms with Crippen molar-refractivity contribution in [1.82, 2.24) is 5.32 Å². The van der Waals surface area contributed by atoms with Gasteiger partial charge in [-0.3, -0.25) is 9.79 Å². The Labute approximate surface area is 163 Å². The molecule has 1 heterocycles. The number of rotatable bonds is 5. The number of carbonyl (C=O) groups excluding carboxylic acids is 1. The topological polar surface area (TPSA) is 57.8 Å². The van der Waals surface area contributed by atoms with Crippen molar-refractivity contribution in [2.45, 2.75) is 26.8 Å². The van der Waals surface area contributed by atoms with Gasteiger partial charge in [0, 0.05) is 29.2 Å². The summed E-state index contributed by atoms with van der Waals surface area (Å²) in [6.45, 7) is 5.92.